The first kappa shape index (κ1) is 17.4. The van der Waals surface area contributed by atoms with Gasteiger partial charge < -0.3 is 14.7 Å². The molecule has 1 aliphatic heterocycles. The maximum Gasteiger partial charge on any atom is 0.219 e. The van der Waals surface area contributed by atoms with E-state index >= 15 is 0 Å². The zero-order valence-electron chi connectivity index (χ0n) is 15.2. The third-order valence-corrected chi connectivity index (χ3v) is 5.59. The van der Waals surface area contributed by atoms with Gasteiger partial charge in [-0.1, -0.05) is 24.3 Å². The van der Waals surface area contributed by atoms with E-state index in [1.807, 2.05) is 0 Å². The van der Waals surface area contributed by atoms with Crippen LogP contribution >= 0.6 is 0 Å². The van der Waals surface area contributed by atoms with Crippen molar-refractivity contribution < 1.29 is 4.79 Å². The first-order valence-electron chi connectivity index (χ1n) is 9.41. The third-order valence-electron chi connectivity index (χ3n) is 5.59. The number of aryl methyl sites for hydroxylation is 1. The fourth-order valence-electron chi connectivity index (χ4n) is 4.12. The highest BCUT2D eigenvalue weighted by molar-refractivity contribution is 5.74. The molecule has 1 aromatic rings. The van der Waals surface area contributed by atoms with E-state index in [2.05, 4.69) is 46.0 Å². The van der Waals surface area contributed by atoms with Crippen LogP contribution in [0.25, 0.3) is 0 Å². The van der Waals surface area contributed by atoms with Crippen LogP contribution in [0.15, 0.2) is 24.3 Å². The number of hydrogen-bond acceptors (Lipinski definition) is 3. The number of carbonyl (C=O) groups is 1. The summed E-state index contributed by atoms with van der Waals surface area (Å²) in [7, 11) is 2.19. The molecular formula is C20H31N3O. The average molecular weight is 329 g/mol. The zero-order valence-corrected chi connectivity index (χ0v) is 15.2. The molecule has 0 aromatic heterocycles. The number of carbonyl (C=O) groups excluding carboxylic acids is 1. The van der Waals surface area contributed by atoms with Crippen molar-refractivity contribution in [2.75, 3.05) is 46.3 Å². The number of piperazine rings is 1. The van der Waals surface area contributed by atoms with Crippen molar-refractivity contribution in [1.82, 2.24) is 14.7 Å². The van der Waals surface area contributed by atoms with E-state index in [1.54, 1.807) is 6.92 Å². The Morgan fingerprint density at radius 2 is 1.96 bits per heavy atom. The van der Waals surface area contributed by atoms with Crippen LogP contribution in [-0.2, 0) is 11.2 Å². The lowest BCUT2D eigenvalue weighted by atomic mass is 9.86. The van der Waals surface area contributed by atoms with Gasteiger partial charge in [0.1, 0.15) is 0 Å². The van der Waals surface area contributed by atoms with Crippen LogP contribution in [0.2, 0.25) is 0 Å². The summed E-state index contributed by atoms with van der Waals surface area (Å²) in [5, 5.41) is 0. The number of amides is 1. The largest absolute Gasteiger partial charge is 0.336 e. The molecule has 0 radical (unpaired) electrons. The maximum absolute atomic E-state index is 12.3. The summed E-state index contributed by atoms with van der Waals surface area (Å²) < 4.78 is 0. The van der Waals surface area contributed by atoms with Crippen LogP contribution in [0.1, 0.15) is 43.4 Å². The van der Waals surface area contributed by atoms with Gasteiger partial charge in [0.25, 0.3) is 0 Å². The number of benzene rings is 1. The molecule has 1 unspecified atom stereocenters. The van der Waals surface area contributed by atoms with Gasteiger partial charge in [-0.3, -0.25) is 4.79 Å². The fraction of sp³-hybridized carbons (Fsp3) is 0.650. The van der Waals surface area contributed by atoms with Crippen LogP contribution in [0.4, 0.5) is 0 Å². The maximum atomic E-state index is 12.3. The minimum absolute atomic E-state index is 0.218. The van der Waals surface area contributed by atoms with Crippen LogP contribution in [0.5, 0.6) is 0 Å². The second-order valence-corrected chi connectivity index (χ2v) is 7.32. The van der Waals surface area contributed by atoms with E-state index in [9.17, 15) is 4.79 Å². The third kappa shape index (κ3) is 4.17. The van der Waals surface area contributed by atoms with E-state index in [0.29, 0.717) is 0 Å². The van der Waals surface area contributed by atoms with E-state index in [1.165, 1.54) is 17.5 Å². The summed E-state index contributed by atoms with van der Waals surface area (Å²) in [6, 6.07) is 8.95. The first-order valence-corrected chi connectivity index (χ1v) is 9.41. The van der Waals surface area contributed by atoms with Gasteiger partial charge in [-0.25, -0.2) is 0 Å². The fourth-order valence-corrected chi connectivity index (χ4v) is 4.12. The molecule has 0 saturated carbocycles. The van der Waals surface area contributed by atoms with Gasteiger partial charge in [-0.2, -0.15) is 0 Å². The predicted octanol–water partition coefficient (Wildman–Crippen LogP) is 2.55. The van der Waals surface area contributed by atoms with E-state index in [0.717, 1.165) is 58.5 Å². The Kier molecular flexibility index (Phi) is 5.90. The minimum Gasteiger partial charge on any atom is -0.336 e. The summed E-state index contributed by atoms with van der Waals surface area (Å²) in [5.41, 5.74) is 2.80. The molecule has 1 aromatic carbocycles. The Balaban J connectivity index is 1.58. The predicted molar refractivity (Wildman–Crippen MR) is 98.1 cm³/mol. The minimum atomic E-state index is 0.218. The summed E-state index contributed by atoms with van der Waals surface area (Å²) in [6.45, 7) is 8.34. The molecule has 4 heteroatoms. The van der Waals surface area contributed by atoms with E-state index in [-0.39, 0.29) is 11.9 Å². The Hall–Kier alpha value is -1.39. The smallest absolute Gasteiger partial charge is 0.219 e. The molecule has 2 aliphatic rings. The zero-order chi connectivity index (χ0) is 16.9. The van der Waals surface area contributed by atoms with Gasteiger partial charge in [0, 0.05) is 39.6 Å². The lowest BCUT2D eigenvalue weighted by Crippen LogP contribution is -2.45. The van der Waals surface area contributed by atoms with E-state index in [4.69, 9.17) is 0 Å². The van der Waals surface area contributed by atoms with Crippen LogP contribution < -0.4 is 0 Å². The van der Waals surface area contributed by atoms with Crippen LogP contribution in [0.3, 0.4) is 0 Å². The van der Waals surface area contributed by atoms with Crippen molar-refractivity contribution in [2.24, 2.45) is 0 Å². The molecule has 0 spiro atoms. The standard InChI is InChI=1S/C20H31N3O/c1-17(24)23(12-6-11-22-15-13-21(2)14-16-22)20-10-5-8-18-7-3-4-9-19(18)20/h3-4,7,9,20H,5-6,8,10-16H2,1-2H3. The topological polar surface area (TPSA) is 26.8 Å². The van der Waals surface area contributed by atoms with E-state index < -0.39 is 0 Å². The molecule has 132 valence electrons. The lowest BCUT2D eigenvalue weighted by Gasteiger charge is -2.37. The number of likely N-dealkylation sites (N-methyl/N-ethyl adjacent to an activating group) is 1. The first-order chi connectivity index (χ1) is 11.6. The highest BCUT2D eigenvalue weighted by atomic mass is 16.2. The van der Waals surface area contributed by atoms with Crippen molar-refractivity contribution >= 4 is 5.91 Å². The molecule has 1 saturated heterocycles. The molecule has 0 bridgehead atoms. The number of fused-ring (bicyclic) bond motifs is 1. The molecular weight excluding hydrogens is 298 g/mol. The van der Waals surface area contributed by atoms with Crippen molar-refractivity contribution in [3.8, 4) is 0 Å². The average Bonchev–Trinajstić information content (AvgIpc) is 2.60. The number of nitrogens with zero attached hydrogens (tertiary/aromatic N) is 3. The summed E-state index contributed by atoms with van der Waals surface area (Å²) in [6.07, 6.45) is 4.51. The van der Waals surface area contributed by atoms with Gasteiger partial charge >= 0.3 is 0 Å². The highest BCUT2D eigenvalue weighted by Gasteiger charge is 2.27. The van der Waals surface area contributed by atoms with Gasteiger partial charge in [-0.05, 0) is 50.4 Å². The van der Waals surface area contributed by atoms with Crippen molar-refractivity contribution in [2.45, 2.75) is 38.6 Å². The van der Waals surface area contributed by atoms with Crippen molar-refractivity contribution in [3.05, 3.63) is 35.4 Å². The Labute approximate surface area is 146 Å². The Bertz CT molecular complexity index is 552. The van der Waals surface area contributed by atoms with Gasteiger partial charge in [-0.15, -0.1) is 0 Å². The van der Waals surface area contributed by atoms with Gasteiger partial charge in [0.05, 0.1) is 6.04 Å². The van der Waals surface area contributed by atoms with Crippen molar-refractivity contribution in [1.29, 1.82) is 0 Å². The molecule has 24 heavy (non-hydrogen) atoms. The molecule has 1 atom stereocenters. The summed E-state index contributed by atoms with van der Waals surface area (Å²) >= 11 is 0. The number of rotatable bonds is 5. The van der Waals surface area contributed by atoms with Crippen LogP contribution in [-0.4, -0.2) is 66.9 Å². The highest BCUT2D eigenvalue weighted by Crippen LogP contribution is 2.34. The molecule has 0 N–H and O–H groups in total. The van der Waals surface area contributed by atoms with Gasteiger partial charge in [0.15, 0.2) is 0 Å². The Morgan fingerprint density at radius 3 is 2.71 bits per heavy atom. The molecule has 1 aliphatic carbocycles. The molecule has 3 rings (SSSR count). The van der Waals surface area contributed by atoms with Gasteiger partial charge in [0.2, 0.25) is 5.91 Å². The van der Waals surface area contributed by atoms with Crippen LogP contribution in [0, 0.1) is 0 Å². The second kappa shape index (κ2) is 8.13. The normalized spacial score (nSPS) is 22.2. The second-order valence-electron chi connectivity index (χ2n) is 7.32. The summed E-state index contributed by atoms with van der Waals surface area (Å²) in [5.74, 6) is 0.218. The Morgan fingerprint density at radius 1 is 1.21 bits per heavy atom. The SMILES string of the molecule is CC(=O)N(CCCN1CCN(C)CC1)C1CCCc2ccccc21. The quantitative estimate of drug-likeness (QED) is 0.831. The molecule has 1 fully saturated rings. The number of hydrogen-bond donors (Lipinski definition) is 0. The molecule has 1 amide bonds. The monoisotopic (exact) mass is 329 g/mol. The summed E-state index contributed by atoms with van der Waals surface area (Å²) in [4.78, 5) is 19.3. The van der Waals surface area contributed by atoms with Crippen molar-refractivity contribution in [3.63, 3.8) is 0 Å². The molecule has 4 nitrogen and oxygen atoms in total. The lowest BCUT2D eigenvalue weighted by molar-refractivity contribution is -0.131. The molecule has 1 heterocycles.